The number of morpholine rings is 1. The topological polar surface area (TPSA) is 75.5 Å². The molecule has 0 saturated carbocycles. The molecule has 0 aliphatic carbocycles. The first-order valence-electron chi connectivity index (χ1n) is 12.4. The van der Waals surface area contributed by atoms with Gasteiger partial charge < -0.3 is 14.7 Å². The van der Waals surface area contributed by atoms with Gasteiger partial charge in [-0.05, 0) is 35.9 Å². The van der Waals surface area contributed by atoms with Crippen molar-refractivity contribution in [3.8, 4) is 11.3 Å². The molecule has 4 rings (SSSR count). The van der Waals surface area contributed by atoms with E-state index in [1.165, 1.54) is 24.3 Å². The smallest absolute Gasteiger partial charge is 0.335 e. The maximum Gasteiger partial charge on any atom is 0.335 e. The van der Waals surface area contributed by atoms with Crippen molar-refractivity contribution < 1.29 is 25.6 Å². The summed E-state index contributed by atoms with van der Waals surface area (Å²) in [6, 6.07) is 13.8. The fraction of sp³-hybridized carbons (Fsp3) is 0.227. The van der Waals surface area contributed by atoms with Gasteiger partial charge in [-0.3, -0.25) is 0 Å². The van der Waals surface area contributed by atoms with E-state index in [9.17, 15) is 4.79 Å². The third kappa shape index (κ3) is 4.18. The third-order valence-electron chi connectivity index (χ3n) is 4.11. The van der Waals surface area contributed by atoms with Crippen molar-refractivity contribution in [3.63, 3.8) is 0 Å². The molecular weight excluding hydrogens is 354 g/mol. The van der Waals surface area contributed by atoms with E-state index < -0.39 is 32.1 Å². The van der Waals surface area contributed by atoms with Crippen LogP contribution in [-0.4, -0.2) is 47.2 Å². The Morgan fingerprint density at radius 2 is 1.79 bits per heavy atom. The Morgan fingerprint density at radius 1 is 1.07 bits per heavy atom. The molecule has 142 valence electrons. The number of ether oxygens (including phenoxy) is 1. The Hall–Kier alpha value is -3.25. The lowest BCUT2D eigenvalue weighted by atomic mass is 10.1. The number of aromatic nitrogens is 2. The highest BCUT2D eigenvalue weighted by Crippen LogP contribution is 2.20. The first-order chi connectivity index (χ1) is 16.7. The third-order valence-corrected chi connectivity index (χ3v) is 4.11. The monoisotopic (exact) mass is 383 g/mol. The number of anilines is 1. The molecule has 0 unspecified atom stereocenters. The van der Waals surface area contributed by atoms with E-state index in [0.29, 0.717) is 27.5 Å². The number of rotatable bonds is 5. The van der Waals surface area contributed by atoms with Gasteiger partial charge >= 0.3 is 5.97 Å². The maximum absolute atomic E-state index is 11.1. The summed E-state index contributed by atoms with van der Waals surface area (Å²) in [5.41, 5.74) is 2.07. The number of nitrogens with zero attached hydrogens (tertiary/aromatic N) is 3. The molecule has 0 radical (unpaired) electrons. The Kier molecular flexibility index (Phi) is 3.19. The van der Waals surface area contributed by atoms with Crippen LogP contribution < -0.4 is 4.90 Å². The number of aromatic carboxylic acids is 1. The van der Waals surface area contributed by atoms with Crippen LogP contribution in [0.15, 0.2) is 60.8 Å². The van der Waals surface area contributed by atoms with Gasteiger partial charge in [-0.1, -0.05) is 24.3 Å². The van der Waals surface area contributed by atoms with Crippen LogP contribution in [0.3, 0.4) is 0 Å². The van der Waals surface area contributed by atoms with Crippen LogP contribution in [0.2, 0.25) is 0 Å². The normalized spacial score (nSPS) is 25.5. The zero-order chi connectivity index (χ0) is 26.5. The highest BCUT2D eigenvalue weighted by atomic mass is 16.5. The van der Waals surface area contributed by atoms with Crippen molar-refractivity contribution in [1.82, 2.24) is 9.97 Å². The van der Waals surface area contributed by atoms with Crippen LogP contribution in [0.25, 0.3) is 11.3 Å². The standard InChI is InChI=1S/C22H21N3O3/c26-22(27)18-5-3-17(4-6-18)20-9-10-23-21(24-20)15-16-1-7-19(8-2-16)25-11-13-28-14-12-25/h1-10H,11-15H2,(H,26,27)/i11D2,12D2,13D2,14D2. The van der Waals surface area contributed by atoms with Crippen molar-refractivity contribution in [3.05, 3.63) is 77.7 Å². The van der Waals surface area contributed by atoms with Gasteiger partial charge in [0.2, 0.25) is 0 Å². The second-order valence-electron chi connectivity index (χ2n) is 5.95. The van der Waals surface area contributed by atoms with Crippen molar-refractivity contribution >= 4 is 11.7 Å². The van der Waals surface area contributed by atoms with Crippen LogP contribution >= 0.6 is 0 Å². The van der Waals surface area contributed by atoms with E-state index in [1.54, 1.807) is 36.5 Å². The lowest BCUT2D eigenvalue weighted by Gasteiger charge is -2.28. The molecule has 1 N–H and O–H groups in total. The molecule has 0 bridgehead atoms. The summed E-state index contributed by atoms with van der Waals surface area (Å²) < 4.78 is 68.5. The Labute approximate surface area is 174 Å². The van der Waals surface area contributed by atoms with Gasteiger partial charge in [0.05, 0.1) is 35.3 Å². The van der Waals surface area contributed by atoms with E-state index in [1.807, 2.05) is 0 Å². The molecule has 0 spiro atoms. The van der Waals surface area contributed by atoms with Gasteiger partial charge in [0.1, 0.15) is 5.82 Å². The number of benzene rings is 2. The summed E-state index contributed by atoms with van der Waals surface area (Å²) in [7, 11) is 0. The second-order valence-corrected chi connectivity index (χ2v) is 5.95. The summed E-state index contributed by atoms with van der Waals surface area (Å²) in [4.78, 5) is 20.2. The molecule has 6 nitrogen and oxygen atoms in total. The molecule has 2 heterocycles. The van der Waals surface area contributed by atoms with E-state index >= 15 is 0 Å². The van der Waals surface area contributed by atoms with Crippen molar-refractivity contribution in [2.75, 3.05) is 31.0 Å². The molecule has 2 aromatic carbocycles. The second kappa shape index (κ2) is 8.19. The molecule has 1 aliphatic heterocycles. The number of carboxylic acids is 1. The first-order valence-corrected chi connectivity index (χ1v) is 8.41. The maximum atomic E-state index is 11.1. The quantitative estimate of drug-likeness (QED) is 0.729. The van der Waals surface area contributed by atoms with Gasteiger partial charge in [0.15, 0.2) is 0 Å². The van der Waals surface area contributed by atoms with Crippen molar-refractivity contribution in [1.29, 1.82) is 0 Å². The minimum atomic E-state index is -3.13. The first kappa shape index (κ1) is 10.9. The van der Waals surface area contributed by atoms with E-state index in [4.69, 9.17) is 16.1 Å². The number of carboxylic acid groups (broad SMARTS) is 1. The van der Waals surface area contributed by atoms with Crippen LogP contribution in [0.1, 0.15) is 32.7 Å². The van der Waals surface area contributed by atoms with Gasteiger partial charge in [-0.15, -0.1) is 0 Å². The number of hydrogen-bond acceptors (Lipinski definition) is 5. The lowest BCUT2D eigenvalue weighted by Crippen LogP contribution is -2.36. The zero-order valence-electron chi connectivity index (χ0n) is 22.6. The molecule has 0 atom stereocenters. The average Bonchev–Trinajstić information content (AvgIpc) is 2.79. The molecule has 1 fully saturated rings. The van der Waals surface area contributed by atoms with E-state index in [-0.39, 0.29) is 17.7 Å². The molecule has 1 aliphatic rings. The summed E-state index contributed by atoms with van der Waals surface area (Å²) in [6.45, 7) is -12.3. The van der Waals surface area contributed by atoms with Gasteiger partial charge in [-0.2, -0.15) is 0 Å². The van der Waals surface area contributed by atoms with Crippen LogP contribution in [0, 0.1) is 0 Å². The van der Waals surface area contributed by atoms with E-state index in [0.717, 1.165) is 0 Å². The highest BCUT2D eigenvalue weighted by Gasteiger charge is 2.11. The number of hydrogen-bond donors (Lipinski definition) is 1. The molecule has 0 amide bonds. The summed E-state index contributed by atoms with van der Waals surface area (Å²) in [5, 5.41) is 9.05. The molecular formula is C22H21N3O3. The van der Waals surface area contributed by atoms with Gasteiger partial charge in [-0.25, -0.2) is 14.8 Å². The average molecular weight is 383 g/mol. The SMILES string of the molecule is [2H]C1([2H])OC([2H])([2H])C([2H])([2H])N(c2ccc(Cc3nccc(-c4ccc(C(=O)O)cc4)n3)cc2)C1([2H])[2H]. The zero-order valence-corrected chi connectivity index (χ0v) is 14.6. The van der Waals surface area contributed by atoms with Gasteiger partial charge in [0, 0.05) is 36.9 Å². The summed E-state index contributed by atoms with van der Waals surface area (Å²) >= 11 is 0. The summed E-state index contributed by atoms with van der Waals surface area (Å²) in [5.74, 6) is -0.578. The molecule has 3 aromatic rings. The Balaban J connectivity index is 1.59. The minimum Gasteiger partial charge on any atom is -0.478 e. The predicted molar refractivity (Wildman–Crippen MR) is 107 cm³/mol. The van der Waals surface area contributed by atoms with E-state index in [2.05, 4.69) is 14.7 Å². The van der Waals surface area contributed by atoms with Crippen LogP contribution in [-0.2, 0) is 11.2 Å². The molecule has 1 aromatic heterocycles. The molecule has 6 heteroatoms. The van der Waals surface area contributed by atoms with Crippen molar-refractivity contribution in [2.45, 2.75) is 6.42 Å². The Bertz CT molecular complexity index is 1260. The minimum absolute atomic E-state index is 0.0713. The highest BCUT2D eigenvalue weighted by molar-refractivity contribution is 5.88. The number of carbonyl (C=O) groups is 1. The van der Waals surface area contributed by atoms with Crippen LogP contribution in [0.4, 0.5) is 5.69 Å². The molecule has 1 saturated heterocycles. The fourth-order valence-corrected chi connectivity index (χ4v) is 2.69. The Morgan fingerprint density at radius 3 is 2.46 bits per heavy atom. The van der Waals surface area contributed by atoms with Gasteiger partial charge in [0.25, 0.3) is 0 Å². The lowest BCUT2D eigenvalue weighted by molar-refractivity contribution is 0.0697. The largest absolute Gasteiger partial charge is 0.478 e. The predicted octanol–water partition coefficient (Wildman–Crippen LogP) is 3.27. The summed E-state index contributed by atoms with van der Waals surface area (Å²) in [6.07, 6.45) is 1.84. The fourth-order valence-electron chi connectivity index (χ4n) is 2.69. The van der Waals surface area contributed by atoms with Crippen molar-refractivity contribution in [2.24, 2.45) is 0 Å². The molecule has 28 heavy (non-hydrogen) atoms. The van der Waals surface area contributed by atoms with Crippen LogP contribution in [0.5, 0.6) is 0 Å².